The predicted molar refractivity (Wildman–Crippen MR) is 120 cm³/mol. The summed E-state index contributed by atoms with van der Waals surface area (Å²) < 4.78 is 11.3. The van der Waals surface area contributed by atoms with Gasteiger partial charge >= 0.3 is 5.97 Å². The molecule has 7 nitrogen and oxygen atoms in total. The van der Waals surface area contributed by atoms with Gasteiger partial charge in [-0.1, -0.05) is 24.3 Å². The van der Waals surface area contributed by atoms with Crippen LogP contribution in [0.3, 0.4) is 0 Å². The van der Waals surface area contributed by atoms with Crippen LogP contribution in [0.2, 0.25) is 0 Å². The summed E-state index contributed by atoms with van der Waals surface area (Å²) in [7, 11) is 2.05. The van der Waals surface area contributed by atoms with Crippen LogP contribution >= 0.6 is 0 Å². The largest absolute Gasteiger partial charge is 0.493 e. The number of benzene rings is 2. The van der Waals surface area contributed by atoms with Crippen molar-refractivity contribution in [3.63, 3.8) is 0 Å². The Labute approximate surface area is 181 Å². The molecule has 1 aliphatic heterocycles. The van der Waals surface area contributed by atoms with Crippen molar-refractivity contribution < 1.29 is 19.4 Å². The van der Waals surface area contributed by atoms with E-state index in [4.69, 9.17) is 9.47 Å². The van der Waals surface area contributed by atoms with Crippen molar-refractivity contribution in [2.24, 2.45) is 0 Å². The fraction of sp³-hybridized carbons (Fsp3) is 0.250. The van der Waals surface area contributed by atoms with Crippen LogP contribution in [0.1, 0.15) is 16.9 Å². The number of aromatic carboxylic acids is 1. The number of carboxylic acids is 1. The minimum absolute atomic E-state index is 0.0933. The van der Waals surface area contributed by atoms with Crippen molar-refractivity contribution in [3.05, 3.63) is 66.4 Å². The minimum Gasteiger partial charge on any atom is -0.493 e. The fourth-order valence-corrected chi connectivity index (χ4v) is 3.47. The van der Waals surface area contributed by atoms with Gasteiger partial charge in [0.1, 0.15) is 5.75 Å². The summed E-state index contributed by atoms with van der Waals surface area (Å²) >= 11 is 0. The van der Waals surface area contributed by atoms with Gasteiger partial charge in [0.05, 0.1) is 30.3 Å². The third-order valence-corrected chi connectivity index (χ3v) is 5.09. The van der Waals surface area contributed by atoms with Crippen molar-refractivity contribution >= 4 is 17.3 Å². The van der Waals surface area contributed by atoms with Gasteiger partial charge in [-0.2, -0.15) is 0 Å². The standard InChI is InChI=1S/C24H25N3O4/c1-27-13-12-25-20-16-17(8-10-21(20)27)19-9-11-22(23(26-19)24(28)29)31-15-5-14-30-18-6-3-2-4-7-18/h2-4,6-11,16,25H,5,12-15H2,1H3,(H,28,29). The molecule has 0 amide bonds. The number of carbonyl (C=O) groups is 1. The molecule has 0 radical (unpaired) electrons. The minimum atomic E-state index is -1.12. The first-order valence-electron chi connectivity index (χ1n) is 10.3. The van der Waals surface area contributed by atoms with Gasteiger partial charge in [0.25, 0.3) is 0 Å². The van der Waals surface area contributed by atoms with E-state index in [2.05, 4.69) is 22.2 Å². The van der Waals surface area contributed by atoms with E-state index in [0.717, 1.165) is 35.8 Å². The third kappa shape index (κ3) is 4.88. The van der Waals surface area contributed by atoms with Crippen LogP contribution in [-0.2, 0) is 0 Å². The Bertz CT molecular complexity index is 1060. The topological polar surface area (TPSA) is 83.9 Å². The number of nitrogens with one attached hydrogen (secondary N) is 1. The summed E-state index contributed by atoms with van der Waals surface area (Å²) in [4.78, 5) is 18.3. The maximum absolute atomic E-state index is 11.8. The van der Waals surface area contributed by atoms with E-state index >= 15 is 0 Å². The number of pyridine rings is 1. The number of hydrogen-bond acceptors (Lipinski definition) is 6. The summed E-state index contributed by atoms with van der Waals surface area (Å²) in [6.07, 6.45) is 0.625. The second-order valence-electron chi connectivity index (χ2n) is 7.29. The Morgan fingerprint density at radius 3 is 2.71 bits per heavy atom. The van der Waals surface area contributed by atoms with Crippen LogP contribution in [0.15, 0.2) is 60.7 Å². The highest BCUT2D eigenvalue weighted by atomic mass is 16.5. The highest BCUT2D eigenvalue weighted by Gasteiger charge is 2.18. The first-order valence-corrected chi connectivity index (χ1v) is 10.3. The number of fused-ring (bicyclic) bond motifs is 1. The molecule has 0 fully saturated rings. The normalized spacial score (nSPS) is 12.6. The number of likely N-dealkylation sites (N-methyl/N-ethyl adjacent to an activating group) is 1. The molecule has 0 aliphatic carbocycles. The Kier molecular flexibility index (Phi) is 6.21. The van der Waals surface area contributed by atoms with Gasteiger partial charge in [-0.05, 0) is 36.4 Å². The van der Waals surface area contributed by atoms with Crippen LogP contribution in [0, 0.1) is 0 Å². The zero-order valence-electron chi connectivity index (χ0n) is 17.4. The second kappa shape index (κ2) is 9.38. The van der Waals surface area contributed by atoms with Crippen molar-refractivity contribution in [2.45, 2.75) is 6.42 Å². The molecule has 0 atom stereocenters. The van der Waals surface area contributed by atoms with Gasteiger partial charge in [-0.25, -0.2) is 9.78 Å². The Hall–Kier alpha value is -3.74. The van der Waals surface area contributed by atoms with Crippen molar-refractivity contribution in [1.82, 2.24) is 4.98 Å². The monoisotopic (exact) mass is 419 g/mol. The lowest BCUT2D eigenvalue weighted by atomic mass is 10.1. The summed E-state index contributed by atoms with van der Waals surface area (Å²) in [6.45, 7) is 2.62. The predicted octanol–water partition coefficient (Wildman–Crippen LogP) is 4.16. The van der Waals surface area contributed by atoms with Gasteiger partial charge < -0.3 is 24.8 Å². The maximum atomic E-state index is 11.8. The zero-order chi connectivity index (χ0) is 21.6. The molecule has 160 valence electrons. The SMILES string of the molecule is CN1CCNc2cc(-c3ccc(OCCCOc4ccccc4)c(C(=O)O)n3)ccc21. The molecule has 2 heterocycles. The molecule has 1 aromatic heterocycles. The lowest BCUT2D eigenvalue weighted by Crippen LogP contribution is -2.30. The number of ether oxygens (including phenoxy) is 2. The van der Waals surface area contributed by atoms with E-state index in [1.165, 1.54) is 0 Å². The van der Waals surface area contributed by atoms with Crippen LogP contribution in [-0.4, -0.2) is 49.4 Å². The van der Waals surface area contributed by atoms with Crippen molar-refractivity contribution in [1.29, 1.82) is 0 Å². The number of hydrogen-bond donors (Lipinski definition) is 2. The second-order valence-corrected chi connectivity index (χ2v) is 7.29. The molecule has 0 saturated heterocycles. The molecule has 2 N–H and O–H groups in total. The van der Waals surface area contributed by atoms with E-state index in [9.17, 15) is 9.90 Å². The highest BCUT2D eigenvalue weighted by Crippen LogP contribution is 2.33. The maximum Gasteiger partial charge on any atom is 0.358 e. The number of anilines is 2. The number of nitrogens with zero attached hydrogens (tertiary/aromatic N) is 2. The van der Waals surface area contributed by atoms with E-state index < -0.39 is 5.97 Å². The number of carboxylic acid groups (broad SMARTS) is 1. The molecule has 0 bridgehead atoms. The summed E-state index contributed by atoms with van der Waals surface area (Å²) in [5, 5.41) is 13.0. The van der Waals surface area contributed by atoms with Gasteiger partial charge in [0, 0.05) is 32.1 Å². The van der Waals surface area contributed by atoms with Crippen LogP contribution in [0.4, 0.5) is 11.4 Å². The van der Waals surface area contributed by atoms with Crippen LogP contribution in [0.5, 0.6) is 11.5 Å². The molecule has 4 rings (SSSR count). The highest BCUT2D eigenvalue weighted by molar-refractivity contribution is 5.89. The smallest absolute Gasteiger partial charge is 0.358 e. The van der Waals surface area contributed by atoms with Crippen molar-refractivity contribution in [2.75, 3.05) is 43.6 Å². The zero-order valence-corrected chi connectivity index (χ0v) is 17.4. The molecule has 7 heteroatoms. The first kappa shape index (κ1) is 20.5. The Balaban J connectivity index is 1.43. The summed E-state index contributed by atoms with van der Waals surface area (Å²) in [5.41, 5.74) is 3.49. The van der Waals surface area contributed by atoms with Gasteiger partial charge in [-0.3, -0.25) is 0 Å². The average molecular weight is 419 g/mol. The molecule has 31 heavy (non-hydrogen) atoms. The summed E-state index contributed by atoms with van der Waals surface area (Å²) in [6, 6.07) is 19.0. The van der Waals surface area contributed by atoms with Crippen LogP contribution < -0.4 is 19.7 Å². The molecular formula is C24H25N3O4. The van der Waals surface area contributed by atoms with Gasteiger partial charge in [0.2, 0.25) is 0 Å². The molecule has 1 aliphatic rings. The van der Waals surface area contributed by atoms with E-state index in [1.807, 2.05) is 48.5 Å². The molecule has 3 aromatic rings. The Morgan fingerprint density at radius 1 is 1.10 bits per heavy atom. The van der Waals surface area contributed by atoms with Gasteiger partial charge in [0.15, 0.2) is 11.4 Å². The Morgan fingerprint density at radius 2 is 1.90 bits per heavy atom. The lowest BCUT2D eigenvalue weighted by molar-refractivity contribution is 0.0685. The molecule has 0 saturated carbocycles. The van der Waals surface area contributed by atoms with E-state index in [-0.39, 0.29) is 11.4 Å². The third-order valence-electron chi connectivity index (χ3n) is 5.09. The van der Waals surface area contributed by atoms with E-state index in [0.29, 0.717) is 25.3 Å². The molecule has 0 unspecified atom stereocenters. The number of rotatable bonds is 8. The van der Waals surface area contributed by atoms with E-state index in [1.54, 1.807) is 12.1 Å². The van der Waals surface area contributed by atoms with Crippen molar-refractivity contribution in [3.8, 4) is 22.8 Å². The molecule has 0 spiro atoms. The molecular weight excluding hydrogens is 394 g/mol. The number of para-hydroxylation sites is 1. The van der Waals surface area contributed by atoms with Crippen LogP contribution in [0.25, 0.3) is 11.3 Å². The first-order chi connectivity index (χ1) is 15.1. The average Bonchev–Trinajstić information content (AvgIpc) is 2.79. The number of aromatic nitrogens is 1. The van der Waals surface area contributed by atoms with Gasteiger partial charge in [-0.15, -0.1) is 0 Å². The summed E-state index contributed by atoms with van der Waals surface area (Å²) in [5.74, 6) is -0.0644. The molecule has 2 aromatic carbocycles. The fourth-order valence-electron chi connectivity index (χ4n) is 3.47. The lowest BCUT2D eigenvalue weighted by Gasteiger charge is -2.28. The quantitative estimate of drug-likeness (QED) is 0.531.